The lowest BCUT2D eigenvalue weighted by Crippen LogP contribution is -2.58. The summed E-state index contributed by atoms with van der Waals surface area (Å²) in [6.45, 7) is 11.1. The molecule has 4 N–H and O–H groups in total. The van der Waals surface area contributed by atoms with E-state index in [4.69, 9.17) is 10.5 Å². The van der Waals surface area contributed by atoms with Crippen LogP contribution in [0.15, 0.2) is 24.3 Å². The second kappa shape index (κ2) is 13.4. The number of carbonyl (C=O) groups is 4. The zero-order valence-corrected chi connectivity index (χ0v) is 23.1. The molecule has 3 unspecified atom stereocenters. The smallest absolute Gasteiger partial charge is 0.408 e. The van der Waals surface area contributed by atoms with Crippen LogP contribution in [-0.4, -0.2) is 52.4 Å². The molecule has 9 heteroatoms. The van der Waals surface area contributed by atoms with E-state index in [2.05, 4.69) is 17.6 Å². The summed E-state index contributed by atoms with van der Waals surface area (Å²) in [6.07, 6.45) is 3.31. The standard InChI is InChI=1S/C28H44N4O5/c1-7-10-19(3)30-25(34)24(20-12-8-11-18(2)17-20)32(21-13-9-14-21)26(35)22(15-16-23(29)33)31-27(36)37-28(4,5)6/h8,11-12,17,19,21-22,24H,7,9-10,13-16H2,1-6H3,(H2,29,33)(H,30,34)(H,31,36). The predicted octanol–water partition coefficient (Wildman–Crippen LogP) is 3.88. The van der Waals surface area contributed by atoms with Crippen LogP contribution in [0.3, 0.4) is 0 Å². The van der Waals surface area contributed by atoms with E-state index >= 15 is 0 Å². The van der Waals surface area contributed by atoms with Crippen molar-refractivity contribution >= 4 is 23.8 Å². The van der Waals surface area contributed by atoms with E-state index in [9.17, 15) is 19.2 Å². The van der Waals surface area contributed by atoms with E-state index in [1.165, 1.54) is 0 Å². The van der Waals surface area contributed by atoms with Crippen molar-refractivity contribution in [1.82, 2.24) is 15.5 Å². The molecular formula is C28H44N4O5. The fourth-order valence-electron chi connectivity index (χ4n) is 4.46. The van der Waals surface area contributed by atoms with E-state index in [-0.39, 0.29) is 30.8 Å². The molecule has 4 amide bonds. The predicted molar refractivity (Wildman–Crippen MR) is 143 cm³/mol. The van der Waals surface area contributed by atoms with E-state index in [1.54, 1.807) is 25.7 Å². The fraction of sp³-hybridized carbons (Fsp3) is 0.643. The summed E-state index contributed by atoms with van der Waals surface area (Å²) in [5.74, 6) is -1.28. The largest absolute Gasteiger partial charge is 0.444 e. The maximum atomic E-state index is 14.1. The lowest BCUT2D eigenvalue weighted by atomic mass is 9.87. The molecule has 1 aliphatic rings. The number of nitrogens with zero attached hydrogens (tertiary/aromatic N) is 1. The van der Waals surface area contributed by atoms with Gasteiger partial charge in [-0.3, -0.25) is 14.4 Å². The quantitative estimate of drug-likeness (QED) is 0.388. The van der Waals surface area contributed by atoms with Crippen LogP contribution in [0.25, 0.3) is 0 Å². The van der Waals surface area contributed by atoms with Crippen molar-refractivity contribution in [3.05, 3.63) is 35.4 Å². The number of hydrogen-bond acceptors (Lipinski definition) is 5. The maximum Gasteiger partial charge on any atom is 0.408 e. The molecule has 0 aliphatic heterocycles. The van der Waals surface area contributed by atoms with Gasteiger partial charge in [-0.15, -0.1) is 0 Å². The van der Waals surface area contributed by atoms with Gasteiger partial charge in [-0.2, -0.15) is 0 Å². The molecule has 0 bridgehead atoms. The van der Waals surface area contributed by atoms with Gasteiger partial charge in [0.05, 0.1) is 0 Å². The van der Waals surface area contributed by atoms with Crippen LogP contribution in [-0.2, 0) is 19.1 Å². The molecule has 1 fully saturated rings. The molecule has 1 saturated carbocycles. The Balaban J connectivity index is 2.48. The number of primary amides is 1. The monoisotopic (exact) mass is 516 g/mol. The zero-order valence-electron chi connectivity index (χ0n) is 23.1. The topological polar surface area (TPSA) is 131 Å². The number of benzene rings is 1. The molecule has 0 saturated heterocycles. The average molecular weight is 517 g/mol. The van der Waals surface area contributed by atoms with Gasteiger partial charge in [-0.05, 0) is 72.3 Å². The summed E-state index contributed by atoms with van der Waals surface area (Å²) < 4.78 is 5.38. The first-order chi connectivity index (χ1) is 17.3. The molecule has 2 rings (SSSR count). The minimum absolute atomic E-state index is 0.00498. The third-order valence-corrected chi connectivity index (χ3v) is 6.39. The second-order valence-corrected chi connectivity index (χ2v) is 11.0. The number of amides is 4. The van der Waals surface area contributed by atoms with Crippen molar-refractivity contribution in [3.63, 3.8) is 0 Å². The van der Waals surface area contributed by atoms with Gasteiger partial charge < -0.3 is 26.0 Å². The van der Waals surface area contributed by atoms with Crippen molar-refractivity contribution in [2.45, 2.75) is 116 Å². The average Bonchev–Trinajstić information content (AvgIpc) is 2.73. The fourth-order valence-corrected chi connectivity index (χ4v) is 4.46. The summed E-state index contributed by atoms with van der Waals surface area (Å²) in [5.41, 5.74) is 6.27. The number of nitrogens with two attached hydrogens (primary N) is 1. The maximum absolute atomic E-state index is 14.1. The number of rotatable bonds is 12. The van der Waals surface area contributed by atoms with Crippen LogP contribution in [0.5, 0.6) is 0 Å². The van der Waals surface area contributed by atoms with E-state index in [1.807, 2.05) is 38.1 Å². The molecule has 0 aromatic heterocycles. The van der Waals surface area contributed by atoms with Gasteiger partial charge in [-0.25, -0.2) is 4.79 Å². The van der Waals surface area contributed by atoms with Crippen molar-refractivity contribution in [1.29, 1.82) is 0 Å². The van der Waals surface area contributed by atoms with E-state index < -0.39 is 35.6 Å². The van der Waals surface area contributed by atoms with Crippen LogP contribution in [0.1, 0.15) is 96.7 Å². The number of hydrogen-bond donors (Lipinski definition) is 3. The van der Waals surface area contributed by atoms with Crippen LogP contribution in [0, 0.1) is 6.92 Å². The third-order valence-electron chi connectivity index (χ3n) is 6.39. The molecule has 1 aromatic rings. The first-order valence-electron chi connectivity index (χ1n) is 13.3. The lowest BCUT2D eigenvalue weighted by Gasteiger charge is -2.44. The summed E-state index contributed by atoms with van der Waals surface area (Å²) in [7, 11) is 0. The molecule has 0 heterocycles. The minimum Gasteiger partial charge on any atom is -0.444 e. The summed E-state index contributed by atoms with van der Waals surface area (Å²) >= 11 is 0. The Bertz CT molecular complexity index is 954. The Morgan fingerprint density at radius 2 is 1.81 bits per heavy atom. The molecule has 1 aliphatic carbocycles. The highest BCUT2D eigenvalue weighted by atomic mass is 16.6. The highest BCUT2D eigenvalue weighted by Crippen LogP contribution is 2.34. The van der Waals surface area contributed by atoms with Gasteiger partial charge in [0.25, 0.3) is 0 Å². The van der Waals surface area contributed by atoms with Crippen molar-refractivity contribution in [2.24, 2.45) is 5.73 Å². The molecular weight excluding hydrogens is 472 g/mol. The first kappa shape index (κ1) is 30.1. The summed E-state index contributed by atoms with van der Waals surface area (Å²) in [5, 5.41) is 5.72. The Morgan fingerprint density at radius 1 is 1.14 bits per heavy atom. The normalized spacial score (nSPS) is 16.1. The Morgan fingerprint density at radius 3 is 2.32 bits per heavy atom. The van der Waals surface area contributed by atoms with Gasteiger partial charge in [-0.1, -0.05) is 43.2 Å². The van der Waals surface area contributed by atoms with Gasteiger partial charge in [0, 0.05) is 18.5 Å². The number of aryl methyl sites for hydroxylation is 1. The second-order valence-electron chi connectivity index (χ2n) is 11.0. The van der Waals surface area contributed by atoms with Crippen molar-refractivity contribution < 1.29 is 23.9 Å². The minimum atomic E-state index is -1.07. The number of alkyl carbamates (subject to hydrolysis) is 1. The van der Waals surface area contributed by atoms with Crippen LogP contribution >= 0.6 is 0 Å². The molecule has 1 aromatic carbocycles. The zero-order chi connectivity index (χ0) is 27.8. The van der Waals surface area contributed by atoms with Crippen LogP contribution in [0.2, 0.25) is 0 Å². The Hall–Kier alpha value is -3.10. The molecule has 3 atom stereocenters. The highest BCUT2D eigenvalue weighted by molar-refractivity contribution is 5.93. The molecule has 0 spiro atoms. The van der Waals surface area contributed by atoms with Gasteiger partial charge in [0.1, 0.15) is 17.7 Å². The SMILES string of the molecule is CCCC(C)NC(=O)C(c1cccc(C)c1)N(C(=O)C(CCC(N)=O)NC(=O)OC(C)(C)C)C1CCC1. The number of nitrogens with one attached hydrogen (secondary N) is 2. The van der Waals surface area contributed by atoms with E-state index in [0.717, 1.165) is 37.7 Å². The number of carbonyl (C=O) groups excluding carboxylic acids is 4. The van der Waals surface area contributed by atoms with Crippen LogP contribution < -0.4 is 16.4 Å². The first-order valence-corrected chi connectivity index (χ1v) is 13.3. The number of ether oxygens (including phenoxy) is 1. The third kappa shape index (κ3) is 9.37. The lowest BCUT2D eigenvalue weighted by molar-refractivity contribution is -0.148. The highest BCUT2D eigenvalue weighted by Gasteiger charge is 2.42. The molecule has 0 radical (unpaired) electrons. The van der Waals surface area contributed by atoms with Gasteiger partial charge in [0.2, 0.25) is 17.7 Å². The van der Waals surface area contributed by atoms with Gasteiger partial charge >= 0.3 is 6.09 Å². The van der Waals surface area contributed by atoms with Crippen molar-refractivity contribution in [3.8, 4) is 0 Å². The summed E-state index contributed by atoms with van der Waals surface area (Å²) in [4.78, 5) is 53.7. The Kier molecular flexibility index (Phi) is 10.9. The summed E-state index contributed by atoms with van der Waals surface area (Å²) in [6, 6.07) is 5.38. The molecule has 9 nitrogen and oxygen atoms in total. The van der Waals surface area contributed by atoms with Crippen LogP contribution in [0.4, 0.5) is 4.79 Å². The van der Waals surface area contributed by atoms with Crippen molar-refractivity contribution in [2.75, 3.05) is 0 Å². The molecule has 37 heavy (non-hydrogen) atoms. The Labute approximate surface area is 220 Å². The van der Waals surface area contributed by atoms with Gasteiger partial charge in [0.15, 0.2) is 0 Å². The molecule has 206 valence electrons. The van der Waals surface area contributed by atoms with E-state index in [0.29, 0.717) is 5.56 Å².